The van der Waals surface area contributed by atoms with Gasteiger partial charge in [-0.2, -0.15) is 0 Å². The number of hydrogen-bond donors (Lipinski definition) is 0. The molecule has 4 rings (SSSR count). The number of amides is 1. The summed E-state index contributed by atoms with van der Waals surface area (Å²) >= 11 is 5.99. The molecule has 0 spiro atoms. The Labute approximate surface area is 172 Å². The molecular weight excluding hydrogens is 370 g/mol. The van der Waals surface area contributed by atoms with Crippen LogP contribution in [0.2, 0.25) is 5.02 Å². The van der Waals surface area contributed by atoms with Crippen molar-refractivity contribution in [3.05, 3.63) is 64.9 Å². The lowest BCUT2D eigenvalue weighted by molar-refractivity contribution is 0.0744. The molecule has 28 heavy (non-hydrogen) atoms. The molecule has 2 aliphatic rings. The van der Waals surface area contributed by atoms with Crippen molar-refractivity contribution in [2.75, 3.05) is 26.2 Å². The average Bonchev–Trinajstić information content (AvgIpc) is 3.17. The first-order valence-electron chi connectivity index (χ1n) is 10.4. The Balaban J connectivity index is 1.52. The lowest BCUT2D eigenvalue weighted by Crippen LogP contribution is -2.38. The van der Waals surface area contributed by atoms with Crippen molar-refractivity contribution >= 4 is 17.5 Å². The van der Waals surface area contributed by atoms with E-state index in [0.29, 0.717) is 17.0 Å². The van der Waals surface area contributed by atoms with Gasteiger partial charge in [0.2, 0.25) is 0 Å². The zero-order valence-corrected chi connectivity index (χ0v) is 17.0. The molecular formula is C23H28ClN3O. The third-order valence-electron chi connectivity index (χ3n) is 6.07. The monoisotopic (exact) mass is 397 g/mol. The second-order valence-electron chi connectivity index (χ2n) is 8.08. The van der Waals surface area contributed by atoms with E-state index in [1.165, 1.54) is 25.7 Å². The Bertz CT molecular complexity index is 774. The van der Waals surface area contributed by atoms with Crippen LogP contribution in [0.5, 0.6) is 0 Å². The average molecular weight is 398 g/mol. The predicted molar refractivity (Wildman–Crippen MR) is 113 cm³/mol. The minimum absolute atomic E-state index is 0.107. The van der Waals surface area contributed by atoms with Gasteiger partial charge in [0.1, 0.15) is 0 Å². The van der Waals surface area contributed by atoms with Crippen LogP contribution < -0.4 is 0 Å². The molecule has 2 fully saturated rings. The van der Waals surface area contributed by atoms with Gasteiger partial charge in [0, 0.05) is 54.7 Å². The molecule has 1 saturated heterocycles. The van der Waals surface area contributed by atoms with Crippen LogP contribution in [0.15, 0.2) is 48.7 Å². The maximum Gasteiger partial charge on any atom is 0.253 e. The van der Waals surface area contributed by atoms with E-state index >= 15 is 0 Å². The highest BCUT2D eigenvalue weighted by molar-refractivity contribution is 6.30. The smallest absolute Gasteiger partial charge is 0.253 e. The fourth-order valence-electron chi connectivity index (χ4n) is 4.64. The van der Waals surface area contributed by atoms with Gasteiger partial charge in [0.25, 0.3) is 5.91 Å². The molecule has 0 N–H and O–H groups in total. The number of rotatable bonds is 4. The molecule has 0 bridgehead atoms. The van der Waals surface area contributed by atoms with E-state index in [0.717, 1.165) is 43.9 Å². The van der Waals surface area contributed by atoms with Gasteiger partial charge in [-0.15, -0.1) is 0 Å². The summed E-state index contributed by atoms with van der Waals surface area (Å²) in [6.45, 7) is 3.58. The van der Waals surface area contributed by atoms with Crippen LogP contribution in [0.3, 0.4) is 0 Å². The Morgan fingerprint density at radius 2 is 1.82 bits per heavy atom. The Kier molecular flexibility index (Phi) is 6.28. The van der Waals surface area contributed by atoms with E-state index in [9.17, 15) is 4.79 Å². The molecule has 5 heteroatoms. The van der Waals surface area contributed by atoms with E-state index in [-0.39, 0.29) is 5.91 Å². The van der Waals surface area contributed by atoms with Gasteiger partial charge in [-0.3, -0.25) is 14.7 Å². The summed E-state index contributed by atoms with van der Waals surface area (Å²) in [7, 11) is 0. The minimum Gasteiger partial charge on any atom is -0.337 e. The maximum atomic E-state index is 13.1. The van der Waals surface area contributed by atoms with Gasteiger partial charge in [0.15, 0.2) is 0 Å². The first kappa shape index (κ1) is 19.4. The predicted octanol–water partition coefficient (Wildman–Crippen LogP) is 4.29. The van der Waals surface area contributed by atoms with Crippen molar-refractivity contribution in [3.8, 4) is 0 Å². The lowest BCUT2D eigenvalue weighted by atomic mass is 10.0. The van der Waals surface area contributed by atoms with Crippen molar-refractivity contribution in [2.45, 2.75) is 38.1 Å². The summed E-state index contributed by atoms with van der Waals surface area (Å²) in [4.78, 5) is 22.3. The van der Waals surface area contributed by atoms with Crippen LogP contribution in [0.1, 0.15) is 41.7 Å². The number of nitrogens with zero attached hydrogens (tertiary/aromatic N) is 3. The molecule has 148 valence electrons. The molecule has 1 saturated carbocycles. The van der Waals surface area contributed by atoms with E-state index in [4.69, 9.17) is 11.6 Å². The molecule has 1 aliphatic carbocycles. The van der Waals surface area contributed by atoms with E-state index < -0.39 is 0 Å². The molecule has 1 aromatic heterocycles. The second-order valence-corrected chi connectivity index (χ2v) is 8.52. The molecule has 1 aliphatic heterocycles. The van der Waals surface area contributed by atoms with Gasteiger partial charge >= 0.3 is 0 Å². The molecule has 1 amide bonds. The molecule has 4 nitrogen and oxygen atoms in total. The minimum atomic E-state index is 0.107. The number of aromatic nitrogens is 1. The fourth-order valence-corrected chi connectivity index (χ4v) is 4.76. The Hall–Kier alpha value is -1.91. The third kappa shape index (κ3) is 4.73. The highest BCUT2D eigenvalue weighted by Gasteiger charge is 2.31. The summed E-state index contributed by atoms with van der Waals surface area (Å²) in [5, 5.41) is 0.660. The first-order valence-corrected chi connectivity index (χ1v) is 10.8. The summed E-state index contributed by atoms with van der Waals surface area (Å²) in [5.74, 6) is 0.505. The molecule has 2 heterocycles. The number of pyridine rings is 1. The normalized spacial score (nSPS) is 21.6. The molecule has 2 aromatic rings. The lowest BCUT2D eigenvalue weighted by Gasteiger charge is -2.29. The summed E-state index contributed by atoms with van der Waals surface area (Å²) in [5.41, 5.74) is 1.83. The summed E-state index contributed by atoms with van der Waals surface area (Å²) in [6.07, 6.45) is 8.02. The number of carbonyl (C=O) groups is 1. The standard InChI is InChI=1S/C23H28ClN3O/c24-20-10-8-19(9-11-20)23(28)27-14-13-26(22-6-1-2-7-22)16-18(17-27)15-21-5-3-4-12-25-21/h3-5,8-12,18,22H,1-2,6-7,13-17H2/t18-/m0/s1. The maximum absolute atomic E-state index is 13.1. The Morgan fingerprint density at radius 1 is 1.04 bits per heavy atom. The summed E-state index contributed by atoms with van der Waals surface area (Å²) < 4.78 is 0. The van der Waals surface area contributed by atoms with Gasteiger partial charge < -0.3 is 4.90 Å². The van der Waals surface area contributed by atoms with Gasteiger partial charge in [-0.05, 0) is 61.6 Å². The van der Waals surface area contributed by atoms with Crippen molar-refractivity contribution in [1.82, 2.24) is 14.8 Å². The molecule has 1 atom stereocenters. The van der Waals surface area contributed by atoms with Gasteiger partial charge in [-0.25, -0.2) is 0 Å². The van der Waals surface area contributed by atoms with E-state index in [1.807, 2.05) is 35.4 Å². The van der Waals surface area contributed by atoms with Crippen LogP contribution in [0.25, 0.3) is 0 Å². The van der Waals surface area contributed by atoms with Crippen LogP contribution >= 0.6 is 11.6 Å². The third-order valence-corrected chi connectivity index (χ3v) is 6.32. The van der Waals surface area contributed by atoms with Crippen LogP contribution in [0.4, 0.5) is 0 Å². The SMILES string of the molecule is O=C(c1ccc(Cl)cc1)N1CCN(C2CCCC2)C[C@H](Cc2ccccn2)C1. The van der Waals surface area contributed by atoms with Crippen molar-refractivity contribution in [3.63, 3.8) is 0 Å². The van der Waals surface area contributed by atoms with Gasteiger partial charge in [-0.1, -0.05) is 30.5 Å². The topological polar surface area (TPSA) is 36.4 Å². The summed E-state index contributed by atoms with van der Waals surface area (Å²) in [6, 6.07) is 14.0. The Morgan fingerprint density at radius 3 is 2.54 bits per heavy atom. The molecule has 1 aromatic carbocycles. The largest absolute Gasteiger partial charge is 0.337 e. The highest BCUT2D eigenvalue weighted by Crippen LogP contribution is 2.27. The molecule has 0 unspecified atom stereocenters. The van der Waals surface area contributed by atoms with Crippen LogP contribution in [0, 0.1) is 5.92 Å². The number of benzene rings is 1. The van der Waals surface area contributed by atoms with Crippen molar-refractivity contribution in [1.29, 1.82) is 0 Å². The zero-order chi connectivity index (χ0) is 19.3. The van der Waals surface area contributed by atoms with Gasteiger partial charge in [0.05, 0.1) is 0 Å². The second kappa shape index (κ2) is 9.06. The fraction of sp³-hybridized carbons (Fsp3) is 0.478. The van der Waals surface area contributed by atoms with E-state index in [2.05, 4.69) is 16.0 Å². The number of halogens is 1. The van der Waals surface area contributed by atoms with Crippen molar-refractivity contribution < 1.29 is 4.79 Å². The van der Waals surface area contributed by atoms with Crippen LogP contribution in [-0.4, -0.2) is 52.9 Å². The quantitative estimate of drug-likeness (QED) is 0.771. The highest BCUT2D eigenvalue weighted by atomic mass is 35.5. The van der Waals surface area contributed by atoms with Crippen LogP contribution in [-0.2, 0) is 6.42 Å². The first-order chi connectivity index (χ1) is 13.7. The zero-order valence-electron chi connectivity index (χ0n) is 16.3. The van der Waals surface area contributed by atoms with Crippen molar-refractivity contribution in [2.24, 2.45) is 5.92 Å². The molecule has 0 radical (unpaired) electrons. The number of carbonyl (C=O) groups excluding carboxylic acids is 1. The number of hydrogen-bond acceptors (Lipinski definition) is 3. The van der Waals surface area contributed by atoms with E-state index in [1.54, 1.807) is 12.1 Å².